The molecule has 8 heteroatoms. The molecule has 35 heavy (non-hydrogen) atoms. The lowest BCUT2D eigenvalue weighted by atomic mass is 10.1. The molecule has 4 heterocycles. The number of ether oxygens (including phenoxy) is 3. The Morgan fingerprint density at radius 3 is 2.69 bits per heavy atom. The van der Waals surface area contributed by atoms with Crippen LogP contribution in [-0.2, 0) is 22.4 Å². The minimum atomic E-state index is 0.0834. The highest BCUT2D eigenvalue weighted by Crippen LogP contribution is 2.27. The highest BCUT2D eigenvalue weighted by Gasteiger charge is 2.26. The highest BCUT2D eigenvalue weighted by molar-refractivity contribution is 5.64. The molecule has 2 aliphatic heterocycles. The number of hydrogen-bond donors (Lipinski definition) is 0. The van der Waals surface area contributed by atoms with Gasteiger partial charge in [0.25, 0.3) is 0 Å². The van der Waals surface area contributed by atoms with Crippen LogP contribution in [0.4, 0.5) is 0 Å². The normalized spacial score (nSPS) is 17.0. The largest absolute Gasteiger partial charge is 0.489 e. The maximum atomic E-state index is 9.70. The van der Waals surface area contributed by atoms with Crippen LogP contribution in [-0.4, -0.2) is 65.5 Å². The molecule has 0 atom stereocenters. The van der Waals surface area contributed by atoms with Crippen molar-refractivity contribution in [2.45, 2.75) is 38.0 Å². The number of nitrogens with zero attached hydrogens (tertiary/aromatic N) is 5. The van der Waals surface area contributed by atoms with Crippen LogP contribution in [0.3, 0.4) is 0 Å². The fourth-order valence-corrected chi connectivity index (χ4v) is 4.43. The van der Waals surface area contributed by atoms with Crippen molar-refractivity contribution in [3.05, 3.63) is 71.4 Å². The van der Waals surface area contributed by atoms with Gasteiger partial charge in [-0.15, -0.1) is 0 Å². The third-order valence-electron chi connectivity index (χ3n) is 6.45. The second kappa shape index (κ2) is 10.9. The fourth-order valence-electron chi connectivity index (χ4n) is 4.43. The van der Waals surface area contributed by atoms with Crippen molar-refractivity contribution < 1.29 is 14.2 Å². The van der Waals surface area contributed by atoms with Gasteiger partial charge >= 0.3 is 0 Å². The minimum Gasteiger partial charge on any atom is -0.489 e. The molecule has 1 aromatic carbocycles. The van der Waals surface area contributed by atoms with Gasteiger partial charge in [0, 0.05) is 64.0 Å². The maximum Gasteiger partial charge on any atom is 0.137 e. The van der Waals surface area contributed by atoms with Crippen molar-refractivity contribution in [2.75, 3.05) is 33.4 Å². The first-order valence-electron chi connectivity index (χ1n) is 12.0. The van der Waals surface area contributed by atoms with E-state index in [0.717, 1.165) is 60.8 Å². The SMILES string of the molecule is COC1CN(Cc2cc(Cc3nccc(-c4ccc(OC5CCOCC5)c(C#N)c4)n3)ccn2)C1. The van der Waals surface area contributed by atoms with E-state index in [4.69, 9.17) is 19.2 Å². The zero-order valence-electron chi connectivity index (χ0n) is 19.9. The van der Waals surface area contributed by atoms with Crippen LogP contribution >= 0.6 is 0 Å². The molecule has 0 radical (unpaired) electrons. The van der Waals surface area contributed by atoms with Crippen molar-refractivity contribution >= 4 is 0 Å². The van der Waals surface area contributed by atoms with Crippen LogP contribution < -0.4 is 4.74 Å². The smallest absolute Gasteiger partial charge is 0.137 e. The Kier molecular flexibility index (Phi) is 7.28. The molecule has 2 aliphatic rings. The Bertz CT molecular complexity index is 1200. The predicted octanol–water partition coefficient (Wildman–Crippen LogP) is 3.39. The van der Waals surface area contributed by atoms with Crippen LogP contribution in [0.15, 0.2) is 48.8 Å². The molecule has 0 saturated carbocycles. The quantitative estimate of drug-likeness (QED) is 0.494. The first-order chi connectivity index (χ1) is 17.2. The summed E-state index contributed by atoms with van der Waals surface area (Å²) < 4.78 is 16.8. The van der Waals surface area contributed by atoms with Gasteiger partial charge in [0.2, 0.25) is 0 Å². The van der Waals surface area contributed by atoms with E-state index < -0.39 is 0 Å². The van der Waals surface area contributed by atoms with Crippen molar-refractivity contribution in [3.8, 4) is 23.1 Å². The van der Waals surface area contributed by atoms with E-state index in [0.29, 0.717) is 37.1 Å². The topological polar surface area (TPSA) is 93.4 Å². The molecule has 8 nitrogen and oxygen atoms in total. The summed E-state index contributed by atoms with van der Waals surface area (Å²) in [5, 5.41) is 9.70. The zero-order chi connectivity index (χ0) is 24.0. The minimum absolute atomic E-state index is 0.0834. The van der Waals surface area contributed by atoms with Crippen LogP contribution in [0.1, 0.15) is 35.5 Å². The highest BCUT2D eigenvalue weighted by atomic mass is 16.5. The van der Waals surface area contributed by atoms with E-state index in [2.05, 4.69) is 27.0 Å². The standard InChI is InChI=1S/C27H29N5O3/c1-33-24-17-32(18-24)16-22-12-19(4-8-29-22)13-27-30-9-5-25(31-27)20-2-3-26(21(14-20)15-28)35-23-6-10-34-11-7-23/h2-5,8-9,12,14,23-24H,6-7,10-11,13,16-18H2,1H3. The predicted molar refractivity (Wildman–Crippen MR) is 130 cm³/mol. The molecule has 180 valence electrons. The average Bonchev–Trinajstić information content (AvgIpc) is 2.87. The number of likely N-dealkylation sites (tertiary alicyclic amines) is 1. The summed E-state index contributed by atoms with van der Waals surface area (Å²) in [6, 6.07) is 13.9. The lowest BCUT2D eigenvalue weighted by Gasteiger charge is -2.37. The molecule has 0 unspecified atom stereocenters. The molecule has 2 aromatic heterocycles. The number of methoxy groups -OCH3 is 1. The number of benzene rings is 1. The van der Waals surface area contributed by atoms with E-state index in [1.807, 2.05) is 36.5 Å². The summed E-state index contributed by atoms with van der Waals surface area (Å²) in [7, 11) is 1.76. The monoisotopic (exact) mass is 471 g/mol. The van der Waals surface area contributed by atoms with Gasteiger partial charge in [-0.3, -0.25) is 9.88 Å². The molecule has 5 rings (SSSR count). The van der Waals surface area contributed by atoms with Crippen LogP contribution in [0.25, 0.3) is 11.3 Å². The molecule has 0 aliphatic carbocycles. The first-order valence-corrected chi connectivity index (χ1v) is 12.0. The second-order valence-corrected chi connectivity index (χ2v) is 8.99. The molecule has 0 spiro atoms. The first kappa shape index (κ1) is 23.4. The van der Waals surface area contributed by atoms with Crippen molar-refractivity contribution in [1.82, 2.24) is 19.9 Å². The summed E-state index contributed by atoms with van der Waals surface area (Å²) in [5.41, 5.74) is 4.31. The summed E-state index contributed by atoms with van der Waals surface area (Å²) in [5.74, 6) is 1.34. The van der Waals surface area contributed by atoms with E-state index in [-0.39, 0.29) is 6.10 Å². The third kappa shape index (κ3) is 5.82. The molecule has 2 saturated heterocycles. The van der Waals surface area contributed by atoms with E-state index in [9.17, 15) is 5.26 Å². The summed E-state index contributed by atoms with van der Waals surface area (Å²) in [4.78, 5) is 16.1. The summed E-state index contributed by atoms with van der Waals surface area (Å²) >= 11 is 0. The van der Waals surface area contributed by atoms with E-state index in [1.54, 1.807) is 13.3 Å². The lowest BCUT2D eigenvalue weighted by Crippen LogP contribution is -2.51. The molecule has 2 fully saturated rings. The van der Waals surface area contributed by atoms with E-state index in [1.165, 1.54) is 0 Å². The Hall–Kier alpha value is -3.38. The number of pyridine rings is 1. The van der Waals surface area contributed by atoms with Gasteiger partial charge in [0.15, 0.2) is 0 Å². The Morgan fingerprint density at radius 1 is 1.06 bits per heavy atom. The van der Waals surface area contributed by atoms with Gasteiger partial charge in [0.05, 0.1) is 36.3 Å². The summed E-state index contributed by atoms with van der Waals surface area (Å²) in [6.07, 6.45) is 6.31. The van der Waals surface area contributed by atoms with E-state index >= 15 is 0 Å². The zero-order valence-corrected chi connectivity index (χ0v) is 19.9. The number of rotatable bonds is 8. The molecule has 0 amide bonds. The van der Waals surface area contributed by atoms with Crippen LogP contribution in [0.5, 0.6) is 5.75 Å². The Labute approximate surface area is 205 Å². The van der Waals surface area contributed by atoms with Gasteiger partial charge < -0.3 is 14.2 Å². The number of aromatic nitrogens is 3. The fraction of sp³-hybridized carbons (Fsp3) is 0.407. The Morgan fingerprint density at radius 2 is 1.89 bits per heavy atom. The second-order valence-electron chi connectivity index (χ2n) is 8.99. The Balaban J connectivity index is 1.27. The third-order valence-corrected chi connectivity index (χ3v) is 6.45. The molecule has 0 N–H and O–H groups in total. The lowest BCUT2D eigenvalue weighted by molar-refractivity contribution is -0.0339. The molecular weight excluding hydrogens is 442 g/mol. The summed E-state index contributed by atoms with van der Waals surface area (Å²) in [6.45, 7) is 4.09. The van der Waals surface area contributed by atoms with Crippen molar-refractivity contribution in [2.24, 2.45) is 0 Å². The maximum absolute atomic E-state index is 9.70. The van der Waals surface area contributed by atoms with Gasteiger partial charge in [-0.2, -0.15) is 5.26 Å². The van der Waals surface area contributed by atoms with Crippen LogP contribution in [0, 0.1) is 11.3 Å². The van der Waals surface area contributed by atoms with Gasteiger partial charge in [-0.25, -0.2) is 9.97 Å². The van der Waals surface area contributed by atoms with Gasteiger partial charge in [-0.05, 0) is 42.0 Å². The van der Waals surface area contributed by atoms with Crippen molar-refractivity contribution in [3.63, 3.8) is 0 Å². The van der Waals surface area contributed by atoms with Crippen LogP contribution in [0.2, 0.25) is 0 Å². The molecular formula is C27H29N5O3. The molecule has 3 aromatic rings. The average molecular weight is 472 g/mol. The van der Waals surface area contributed by atoms with Gasteiger partial charge in [0.1, 0.15) is 23.7 Å². The molecule has 0 bridgehead atoms. The number of nitriles is 1. The van der Waals surface area contributed by atoms with Crippen molar-refractivity contribution in [1.29, 1.82) is 5.26 Å². The number of hydrogen-bond acceptors (Lipinski definition) is 8. The van der Waals surface area contributed by atoms with Gasteiger partial charge in [-0.1, -0.05) is 0 Å².